The predicted octanol–water partition coefficient (Wildman–Crippen LogP) is 1.48. The minimum absolute atomic E-state index is 0.102. The monoisotopic (exact) mass is 281 g/mol. The number of amides is 1. The van der Waals surface area contributed by atoms with E-state index in [1.807, 2.05) is 0 Å². The molecule has 1 aromatic rings. The first kappa shape index (κ1) is 14.4. The van der Waals surface area contributed by atoms with Crippen LogP contribution >= 0.6 is 0 Å². The maximum Gasteiger partial charge on any atom is 0.409 e. The Balaban J connectivity index is 1.93. The van der Waals surface area contributed by atoms with E-state index < -0.39 is 0 Å². The number of nitrogens with zero attached hydrogens (tertiary/aromatic N) is 3. The van der Waals surface area contributed by atoms with Crippen LogP contribution in [0.15, 0.2) is 12.4 Å². The van der Waals surface area contributed by atoms with Crippen molar-refractivity contribution in [2.24, 2.45) is 0 Å². The Labute approximate surface area is 117 Å². The molecule has 110 valence electrons. The fourth-order valence-corrected chi connectivity index (χ4v) is 2.07. The molecular weight excluding hydrogens is 262 g/mol. The van der Waals surface area contributed by atoms with E-state index in [-0.39, 0.29) is 12.2 Å². The molecule has 7 heteroatoms. The number of piperidine rings is 1. The van der Waals surface area contributed by atoms with E-state index in [4.69, 9.17) is 14.2 Å². The van der Waals surface area contributed by atoms with Crippen molar-refractivity contribution in [2.45, 2.75) is 25.9 Å². The normalized spacial score (nSPS) is 18.5. The molecule has 0 bridgehead atoms. The summed E-state index contributed by atoms with van der Waals surface area (Å²) in [6.45, 7) is 3.37. The van der Waals surface area contributed by atoms with Crippen molar-refractivity contribution in [3.05, 3.63) is 12.4 Å². The van der Waals surface area contributed by atoms with Gasteiger partial charge < -0.3 is 19.1 Å². The van der Waals surface area contributed by atoms with E-state index in [1.165, 1.54) is 19.5 Å². The highest BCUT2D eigenvalue weighted by molar-refractivity contribution is 5.67. The van der Waals surface area contributed by atoms with E-state index in [2.05, 4.69) is 9.97 Å². The zero-order valence-electron chi connectivity index (χ0n) is 11.7. The summed E-state index contributed by atoms with van der Waals surface area (Å²) in [6.07, 6.45) is 4.40. The molecule has 2 heterocycles. The van der Waals surface area contributed by atoms with E-state index in [0.29, 0.717) is 31.5 Å². The average molecular weight is 281 g/mol. The standard InChI is InChI=1S/C13H19N3O4/c1-3-19-13(17)16-6-4-5-10(9-16)20-12-8-14-7-11(15-12)18-2/h7-8,10H,3-6,9H2,1-2H3. The molecule has 20 heavy (non-hydrogen) atoms. The molecule has 1 aliphatic heterocycles. The number of hydrogen-bond donors (Lipinski definition) is 0. The summed E-state index contributed by atoms with van der Waals surface area (Å²) >= 11 is 0. The van der Waals surface area contributed by atoms with Crippen LogP contribution in [-0.2, 0) is 4.74 Å². The lowest BCUT2D eigenvalue weighted by Crippen LogP contribution is -2.44. The van der Waals surface area contributed by atoms with Gasteiger partial charge in [0.25, 0.3) is 0 Å². The van der Waals surface area contributed by atoms with Crippen LogP contribution in [0.25, 0.3) is 0 Å². The van der Waals surface area contributed by atoms with Gasteiger partial charge >= 0.3 is 6.09 Å². The molecule has 1 aliphatic rings. The molecule has 1 atom stereocenters. The molecule has 0 aliphatic carbocycles. The number of aromatic nitrogens is 2. The Kier molecular flexibility index (Phi) is 4.97. The van der Waals surface area contributed by atoms with Crippen LogP contribution in [0.2, 0.25) is 0 Å². The largest absolute Gasteiger partial charge is 0.480 e. The third-order valence-corrected chi connectivity index (χ3v) is 2.99. The first-order valence-electron chi connectivity index (χ1n) is 6.67. The van der Waals surface area contributed by atoms with Crippen LogP contribution in [0, 0.1) is 0 Å². The van der Waals surface area contributed by atoms with Gasteiger partial charge in [0.2, 0.25) is 11.8 Å². The minimum Gasteiger partial charge on any atom is -0.480 e. The van der Waals surface area contributed by atoms with Gasteiger partial charge in [-0.2, -0.15) is 4.98 Å². The number of ether oxygens (including phenoxy) is 3. The SMILES string of the molecule is CCOC(=O)N1CCCC(Oc2cncc(OC)n2)C1. The summed E-state index contributed by atoms with van der Waals surface area (Å²) in [4.78, 5) is 21.5. The average Bonchev–Trinajstić information content (AvgIpc) is 2.48. The number of rotatable bonds is 4. The van der Waals surface area contributed by atoms with Crippen molar-refractivity contribution in [2.75, 3.05) is 26.8 Å². The van der Waals surface area contributed by atoms with E-state index >= 15 is 0 Å². The maximum absolute atomic E-state index is 11.7. The van der Waals surface area contributed by atoms with Crippen LogP contribution < -0.4 is 9.47 Å². The molecule has 0 spiro atoms. The molecule has 0 saturated carbocycles. The lowest BCUT2D eigenvalue weighted by atomic mass is 10.1. The first-order chi connectivity index (χ1) is 9.72. The predicted molar refractivity (Wildman–Crippen MR) is 70.8 cm³/mol. The highest BCUT2D eigenvalue weighted by Gasteiger charge is 2.26. The number of carbonyl (C=O) groups excluding carboxylic acids is 1. The second-order valence-corrected chi connectivity index (χ2v) is 4.43. The lowest BCUT2D eigenvalue weighted by Gasteiger charge is -2.31. The number of carbonyl (C=O) groups is 1. The Morgan fingerprint density at radius 1 is 1.45 bits per heavy atom. The van der Waals surface area contributed by atoms with Crippen molar-refractivity contribution in [1.29, 1.82) is 0 Å². The van der Waals surface area contributed by atoms with E-state index in [0.717, 1.165) is 12.8 Å². The Morgan fingerprint density at radius 3 is 3.00 bits per heavy atom. The Morgan fingerprint density at radius 2 is 2.25 bits per heavy atom. The van der Waals surface area contributed by atoms with Crippen LogP contribution in [0.4, 0.5) is 4.79 Å². The van der Waals surface area contributed by atoms with Crippen LogP contribution in [0.1, 0.15) is 19.8 Å². The molecular formula is C13H19N3O4. The van der Waals surface area contributed by atoms with Gasteiger partial charge in [0.1, 0.15) is 6.10 Å². The Bertz CT molecular complexity index is 455. The molecule has 1 amide bonds. The van der Waals surface area contributed by atoms with Gasteiger partial charge in [-0.05, 0) is 19.8 Å². The van der Waals surface area contributed by atoms with Crippen molar-refractivity contribution in [1.82, 2.24) is 14.9 Å². The smallest absolute Gasteiger partial charge is 0.409 e. The van der Waals surface area contributed by atoms with Gasteiger partial charge in [-0.3, -0.25) is 4.98 Å². The van der Waals surface area contributed by atoms with Gasteiger partial charge in [-0.15, -0.1) is 0 Å². The molecule has 1 aromatic heterocycles. The lowest BCUT2D eigenvalue weighted by molar-refractivity contribution is 0.0590. The zero-order chi connectivity index (χ0) is 14.4. The van der Waals surface area contributed by atoms with Crippen LogP contribution in [-0.4, -0.2) is 53.9 Å². The summed E-state index contributed by atoms with van der Waals surface area (Å²) in [5.74, 6) is 0.806. The molecule has 2 rings (SSSR count). The third kappa shape index (κ3) is 3.72. The molecule has 0 N–H and O–H groups in total. The summed E-state index contributed by atoms with van der Waals surface area (Å²) in [7, 11) is 1.52. The summed E-state index contributed by atoms with van der Waals surface area (Å²) in [5.41, 5.74) is 0. The molecule has 7 nitrogen and oxygen atoms in total. The molecule has 1 fully saturated rings. The van der Waals surface area contributed by atoms with Crippen molar-refractivity contribution in [3.8, 4) is 11.8 Å². The van der Waals surface area contributed by atoms with Gasteiger partial charge in [0, 0.05) is 6.54 Å². The van der Waals surface area contributed by atoms with Crippen molar-refractivity contribution in [3.63, 3.8) is 0 Å². The summed E-state index contributed by atoms with van der Waals surface area (Å²) in [5, 5.41) is 0. The van der Waals surface area contributed by atoms with Gasteiger partial charge in [0.05, 0.1) is 32.7 Å². The number of methoxy groups -OCH3 is 1. The van der Waals surface area contributed by atoms with Gasteiger partial charge in [0.15, 0.2) is 0 Å². The minimum atomic E-state index is -0.294. The fourth-order valence-electron chi connectivity index (χ4n) is 2.07. The first-order valence-corrected chi connectivity index (χ1v) is 6.67. The van der Waals surface area contributed by atoms with Gasteiger partial charge in [-0.1, -0.05) is 0 Å². The second-order valence-electron chi connectivity index (χ2n) is 4.43. The van der Waals surface area contributed by atoms with Crippen molar-refractivity contribution < 1.29 is 19.0 Å². The highest BCUT2D eigenvalue weighted by atomic mass is 16.6. The third-order valence-electron chi connectivity index (χ3n) is 2.99. The van der Waals surface area contributed by atoms with E-state index in [1.54, 1.807) is 11.8 Å². The van der Waals surface area contributed by atoms with Crippen LogP contribution in [0.5, 0.6) is 11.8 Å². The van der Waals surface area contributed by atoms with Crippen LogP contribution in [0.3, 0.4) is 0 Å². The van der Waals surface area contributed by atoms with Crippen molar-refractivity contribution >= 4 is 6.09 Å². The number of hydrogen-bond acceptors (Lipinski definition) is 6. The maximum atomic E-state index is 11.7. The van der Waals surface area contributed by atoms with Gasteiger partial charge in [-0.25, -0.2) is 4.79 Å². The molecule has 1 unspecified atom stereocenters. The Hall–Kier alpha value is -2.05. The molecule has 1 saturated heterocycles. The molecule has 0 radical (unpaired) electrons. The quantitative estimate of drug-likeness (QED) is 0.832. The second kappa shape index (κ2) is 6.93. The topological polar surface area (TPSA) is 73.8 Å². The number of likely N-dealkylation sites (tertiary alicyclic amines) is 1. The zero-order valence-corrected chi connectivity index (χ0v) is 11.7. The highest BCUT2D eigenvalue weighted by Crippen LogP contribution is 2.18. The molecule has 0 aromatic carbocycles. The summed E-state index contributed by atoms with van der Waals surface area (Å²) in [6, 6.07) is 0. The van der Waals surface area contributed by atoms with E-state index in [9.17, 15) is 4.79 Å². The fraction of sp³-hybridized carbons (Fsp3) is 0.615. The summed E-state index contributed by atoms with van der Waals surface area (Å²) < 4.78 is 15.8.